The Labute approximate surface area is 144 Å². The number of amides is 1. The minimum absolute atomic E-state index is 0.0509. The van der Waals surface area contributed by atoms with Crippen molar-refractivity contribution in [1.82, 2.24) is 15.5 Å². The number of nitrogens with one attached hydrogen (secondary N) is 2. The molecule has 1 aliphatic carbocycles. The molecule has 2 fully saturated rings. The summed E-state index contributed by atoms with van der Waals surface area (Å²) in [7, 11) is 3.51. The first kappa shape index (κ1) is 16.8. The maximum atomic E-state index is 11.6. The van der Waals surface area contributed by atoms with Crippen molar-refractivity contribution >= 4 is 11.9 Å². The maximum absolute atomic E-state index is 11.6. The summed E-state index contributed by atoms with van der Waals surface area (Å²) < 4.78 is 0. The van der Waals surface area contributed by atoms with Gasteiger partial charge in [-0.3, -0.25) is 9.79 Å². The van der Waals surface area contributed by atoms with E-state index in [0.717, 1.165) is 43.0 Å². The van der Waals surface area contributed by atoms with Gasteiger partial charge in [-0.05, 0) is 42.4 Å². The summed E-state index contributed by atoms with van der Waals surface area (Å²) in [6.07, 6.45) is 5.52. The molecule has 5 nitrogen and oxygen atoms in total. The van der Waals surface area contributed by atoms with Crippen LogP contribution >= 0.6 is 0 Å². The molecule has 1 aliphatic heterocycles. The van der Waals surface area contributed by atoms with Crippen LogP contribution in [0.3, 0.4) is 0 Å². The monoisotopic (exact) mass is 328 g/mol. The molecule has 0 radical (unpaired) electrons. The minimum Gasteiger partial charge on any atom is -0.355 e. The molecule has 2 aliphatic rings. The topological polar surface area (TPSA) is 56.7 Å². The van der Waals surface area contributed by atoms with Gasteiger partial charge in [0.1, 0.15) is 0 Å². The number of aliphatic imine (C=N–C) groups is 1. The molecule has 0 spiro atoms. The van der Waals surface area contributed by atoms with Crippen molar-refractivity contribution in [3.8, 4) is 0 Å². The number of hydrogen-bond donors (Lipinski definition) is 2. The number of nitrogens with zero attached hydrogens (tertiary/aromatic N) is 2. The highest BCUT2D eigenvalue weighted by molar-refractivity contribution is 5.93. The Bertz CT molecular complexity index is 582. The summed E-state index contributed by atoms with van der Waals surface area (Å²) in [5.74, 6) is 2.65. The van der Waals surface area contributed by atoms with E-state index in [1.807, 2.05) is 31.3 Å². The van der Waals surface area contributed by atoms with Crippen LogP contribution in [0.1, 0.15) is 41.6 Å². The predicted molar refractivity (Wildman–Crippen MR) is 97.1 cm³/mol. The first-order valence-electron chi connectivity index (χ1n) is 8.98. The summed E-state index contributed by atoms with van der Waals surface area (Å²) in [5, 5.41) is 6.12. The van der Waals surface area contributed by atoms with Gasteiger partial charge in [0.2, 0.25) is 0 Å². The lowest BCUT2D eigenvalue weighted by Gasteiger charge is -2.22. The van der Waals surface area contributed by atoms with Gasteiger partial charge < -0.3 is 15.5 Å². The third-order valence-corrected chi connectivity index (χ3v) is 5.38. The highest BCUT2D eigenvalue weighted by Gasteiger charge is 2.35. The van der Waals surface area contributed by atoms with Crippen molar-refractivity contribution in [1.29, 1.82) is 0 Å². The van der Waals surface area contributed by atoms with Gasteiger partial charge >= 0.3 is 0 Å². The lowest BCUT2D eigenvalue weighted by atomic mass is 9.82. The van der Waals surface area contributed by atoms with E-state index < -0.39 is 0 Å². The van der Waals surface area contributed by atoms with Crippen molar-refractivity contribution in [2.45, 2.75) is 32.2 Å². The first-order valence-corrected chi connectivity index (χ1v) is 8.98. The fraction of sp³-hybridized carbons (Fsp3) is 0.579. The van der Waals surface area contributed by atoms with Gasteiger partial charge in [0, 0.05) is 39.3 Å². The van der Waals surface area contributed by atoms with Crippen LogP contribution in [-0.4, -0.2) is 44.0 Å². The Morgan fingerprint density at radius 2 is 1.79 bits per heavy atom. The molecule has 1 amide bonds. The fourth-order valence-electron chi connectivity index (χ4n) is 4.01. The largest absolute Gasteiger partial charge is 0.355 e. The van der Waals surface area contributed by atoms with E-state index >= 15 is 0 Å². The van der Waals surface area contributed by atoms with E-state index in [0.29, 0.717) is 5.56 Å². The van der Waals surface area contributed by atoms with Crippen molar-refractivity contribution in [2.75, 3.05) is 27.2 Å². The predicted octanol–water partition coefficient (Wildman–Crippen LogP) is 2.24. The molecule has 24 heavy (non-hydrogen) atoms. The van der Waals surface area contributed by atoms with E-state index in [1.54, 1.807) is 7.05 Å². The van der Waals surface area contributed by atoms with E-state index in [4.69, 9.17) is 0 Å². The van der Waals surface area contributed by atoms with E-state index in [2.05, 4.69) is 20.5 Å². The molecule has 130 valence electrons. The molecule has 0 bridgehead atoms. The van der Waals surface area contributed by atoms with Gasteiger partial charge in [-0.2, -0.15) is 0 Å². The van der Waals surface area contributed by atoms with E-state index in [1.165, 1.54) is 25.7 Å². The molecule has 1 aromatic carbocycles. The van der Waals surface area contributed by atoms with Gasteiger partial charge in [0.15, 0.2) is 5.96 Å². The van der Waals surface area contributed by atoms with Crippen molar-refractivity contribution < 1.29 is 4.79 Å². The molecule has 2 N–H and O–H groups in total. The second-order valence-corrected chi connectivity index (χ2v) is 6.89. The second-order valence-electron chi connectivity index (χ2n) is 6.89. The highest BCUT2D eigenvalue weighted by Crippen LogP contribution is 2.35. The van der Waals surface area contributed by atoms with Gasteiger partial charge in [0.05, 0.1) is 0 Å². The molecule has 0 aromatic heterocycles. The Morgan fingerprint density at radius 1 is 1.17 bits per heavy atom. The summed E-state index contributed by atoms with van der Waals surface area (Å²) in [5.41, 5.74) is 1.84. The fourth-order valence-corrected chi connectivity index (χ4v) is 4.01. The Hall–Kier alpha value is -2.04. The van der Waals surface area contributed by atoms with Crippen molar-refractivity contribution in [3.63, 3.8) is 0 Å². The summed E-state index contributed by atoms with van der Waals surface area (Å²) in [4.78, 5) is 18.5. The summed E-state index contributed by atoms with van der Waals surface area (Å²) in [6, 6.07) is 7.72. The quantitative estimate of drug-likeness (QED) is 0.661. The van der Waals surface area contributed by atoms with Crippen LogP contribution in [0.4, 0.5) is 0 Å². The number of likely N-dealkylation sites (tertiary alicyclic amines) is 1. The molecule has 1 saturated carbocycles. The Balaban J connectivity index is 1.55. The van der Waals surface area contributed by atoms with Gasteiger partial charge in [-0.1, -0.05) is 25.0 Å². The minimum atomic E-state index is -0.0509. The average molecular weight is 328 g/mol. The van der Waals surface area contributed by atoms with Crippen LogP contribution in [0.5, 0.6) is 0 Å². The lowest BCUT2D eigenvalue weighted by molar-refractivity contribution is 0.0963. The Kier molecular flexibility index (Phi) is 5.38. The lowest BCUT2D eigenvalue weighted by Crippen LogP contribution is -2.39. The maximum Gasteiger partial charge on any atom is 0.251 e. The number of carbonyl (C=O) groups excluding carboxylic acids is 1. The van der Waals surface area contributed by atoms with E-state index in [9.17, 15) is 4.79 Å². The first-order chi connectivity index (χ1) is 11.7. The number of fused-ring (bicyclic) bond motifs is 1. The number of benzene rings is 1. The van der Waals surface area contributed by atoms with Crippen LogP contribution in [0.2, 0.25) is 0 Å². The molecule has 1 aromatic rings. The number of rotatable bonds is 3. The molecule has 3 rings (SSSR count). The molecule has 5 heteroatoms. The Morgan fingerprint density at radius 3 is 2.33 bits per heavy atom. The molecule has 1 heterocycles. The third kappa shape index (κ3) is 3.71. The average Bonchev–Trinajstić information content (AvgIpc) is 3.06. The van der Waals surface area contributed by atoms with Crippen LogP contribution in [-0.2, 0) is 6.54 Å². The van der Waals surface area contributed by atoms with Crippen LogP contribution < -0.4 is 10.6 Å². The standard InChI is InChI=1S/C19H28N4O/c1-20-18(24)15-9-7-14(8-10-15)11-22-19(21-2)23-12-16-5-3-4-6-17(16)13-23/h7-10,16-17H,3-6,11-13H2,1-2H3,(H,20,24)(H,21,22). The zero-order valence-corrected chi connectivity index (χ0v) is 14.7. The van der Waals surface area contributed by atoms with Crippen molar-refractivity contribution in [2.24, 2.45) is 16.8 Å². The molecular weight excluding hydrogens is 300 g/mol. The highest BCUT2D eigenvalue weighted by atomic mass is 16.1. The molecular formula is C19H28N4O. The SMILES string of the molecule is CN=C(NCc1ccc(C(=O)NC)cc1)N1CC2CCCCC2C1. The van der Waals surface area contributed by atoms with Crippen LogP contribution in [0.25, 0.3) is 0 Å². The molecule has 2 unspecified atom stereocenters. The van der Waals surface area contributed by atoms with Gasteiger partial charge in [-0.15, -0.1) is 0 Å². The number of carbonyl (C=O) groups is 1. The molecule has 1 saturated heterocycles. The smallest absolute Gasteiger partial charge is 0.251 e. The number of guanidine groups is 1. The normalized spacial score (nSPS) is 23.8. The van der Waals surface area contributed by atoms with Gasteiger partial charge in [-0.25, -0.2) is 0 Å². The van der Waals surface area contributed by atoms with Crippen molar-refractivity contribution in [3.05, 3.63) is 35.4 Å². The number of hydrogen-bond acceptors (Lipinski definition) is 2. The van der Waals surface area contributed by atoms with Crippen LogP contribution in [0.15, 0.2) is 29.3 Å². The van der Waals surface area contributed by atoms with Gasteiger partial charge in [0.25, 0.3) is 5.91 Å². The zero-order chi connectivity index (χ0) is 16.9. The zero-order valence-electron chi connectivity index (χ0n) is 14.7. The summed E-state index contributed by atoms with van der Waals surface area (Å²) in [6.45, 7) is 3.01. The van der Waals surface area contributed by atoms with E-state index in [-0.39, 0.29) is 5.91 Å². The third-order valence-electron chi connectivity index (χ3n) is 5.38. The summed E-state index contributed by atoms with van der Waals surface area (Å²) >= 11 is 0. The second kappa shape index (κ2) is 7.69. The van der Waals surface area contributed by atoms with Crippen LogP contribution in [0, 0.1) is 11.8 Å². The molecule has 2 atom stereocenters.